The van der Waals surface area contributed by atoms with Crippen molar-refractivity contribution in [1.82, 2.24) is 10.2 Å². The Hall–Kier alpha value is -0.220. The third-order valence-corrected chi connectivity index (χ3v) is 5.71. The topological polar surface area (TPSA) is 32.3 Å². The molecule has 0 saturated carbocycles. The smallest absolute Gasteiger partial charge is 0.243 e. The van der Waals surface area contributed by atoms with Gasteiger partial charge in [-0.05, 0) is 49.5 Å². The molecule has 3 unspecified atom stereocenters. The zero-order valence-corrected chi connectivity index (χ0v) is 13.6. The molecule has 2 saturated heterocycles. The lowest BCUT2D eigenvalue weighted by Crippen LogP contribution is -2.44. The van der Waals surface area contributed by atoms with Crippen LogP contribution in [0, 0.1) is 11.8 Å². The van der Waals surface area contributed by atoms with Gasteiger partial charge in [0.25, 0.3) is 0 Å². The summed E-state index contributed by atoms with van der Waals surface area (Å²) in [5.41, 5.74) is -0.342. The molecule has 110 valence electrons. The summed E-state index contributed by atoms with van der Waals surface area (Å²) in [7, 11) is 0. The van der Waals surface area contributed by atoms with Crippen molar-refractivity contribution in [3.8, 4) is 0 Å². The molecule has 2 aliphatic rings. The van der Waals surface area contributed by atoms with Crippen LogP contribution in [0.5, 0.6) is 0 Å². The second-order valence-corrected chi connectivity index (χ2v) is 7.81. The number of carbonyl (C=O) groups is 1. The number of nitrogens with zero attached hydrogens (tertiary/aromatic N) is 1. The number of carbonyl (C=O) groups excluding carboxylic acids is 1. The predicted molar refractivity (Wildman–Crippen MR) is 82.2 cm³/mol. The van der Waals surface area contributed by atoms with E-state index in [0.717, 1.165) is 19.4 Å². The van der Waals surface area contributed by atoms with Crippen molar-refractivity contribution in [2.75, 3.05) is 18.1 Å². The van der Waals surface area contributed by atoms with Gasteiger partial charge in [-0.15, -0.1) is 0 Å². The normalized spacial score (nSPS) is 35.6. The van der Waals surface area contributed by atoms with E-state index in [-0.39, 0.29) is 11.7 Å². The Morgan fingerprint density at radius 2 is 2.26 bits per heavy atom. The standard InChI is InChI=1S/C15H28N2OS/c1-5-15(4)14(18)17(9-12-6-7-19-10-12)13(16-15)8-11(2)3/h11-13,16H,5-10H2,1-4H3. The molecule has 1 amide bonds. The van der Waals surface area contributed by atoms with Gasteiger partial charge in [0.2, 0.25) is 5.91 Å². The molecule has 1 N–H and O–H groups in total. The molecule has 2 fully saturated rings. The van der Waals surface area contributed by atoms with E-state index in [9.17, 15) is 4.79 Å². The summed E-state index contributed by atoms with van der Waals surface area (Å²) < 4.78 is 0. The lowest BCUT2D eigenvalue weighted by molar-refractivity contribution is -0.133. The monoisotopic (exact) mass is 284 g/mol. The van der Waals surface area contributed by atoms with Gasteiger partial charge in [0.05, 0.1) is 11.7 Å². The van der Waals surface area contributed by atoms with Crippen LogP contribution in [-0.2, 0) is 4.79 Å². The maximum atomic E-state index is 12.7. The highest BCUT2D eigenvalue weighted by Crippen LogP contribution is 2.31. The molecule has 0 aromatic heterocycles. The van der Waals surface area contributed by atoms with Crippen molar-refractivity contribution in [3.05, 3.63) is 0 Å². The molecule has 3 atom stereocenters. The van der Waals surface area contributed by atoms with E-state index in [2.05, 4.69) is 37.9 Å². The third kappa shape index (κ3) is 3.27. The van der Waals surface area contributed by atoms with Crippen LogP contribution in [0.1, 0.15) is 47.0 Å². The average molecular weight is 284 g/mol. The first-order valence-corrected chi connectivity index (χ1v) is 8.78. The van der Waals surface area contributed by atoms with E-state index in [4.69, 9.17) is 0 Å². The Morgan fingerprint density at radius 1 is 1.53 bits per heavy atom. The Balaban J connectivity index is 2.08. The number of amides is 1. The molecule has 19 heavy (non-hydrogen) atoms. The SMILES string of the molecule is CCC1(C)NC(CC(C)C)N(CC2CCSC2)C1=O. The number of hydrogen-bond acceptors (Lipinski definition) is 3. The van der Waals surface area contributed by atoms with Crippen LogP contribution in [0.4, 0.5) is 0 Å². The molecule has 4 heteroatoms. The van der Waals surface area contributed by atoms with Gasteiger partial charge in [-0.1, -0.05) is 20.8 Å². The van der Waals surface area contributed by atoms with E-state index < -0.39 is 0 Å². The van der Waals surface area contributed by atoms with Gasteiger partial charge in [0.1, 0.15) is 0 Å². The van der Waals surface area contributed by atoms with Crippen molar-refractivity contribution in [1.29, 1.82) is 0 Å². The Morgan fingerprint density at radius 3 is 2.79 bits per heavy atom. The molecule has 0 spiro atoms. The quantitative estimate of drug-likeness (QED) is 0.842. The summed E-state index contributed by atoms with van der Waals surface area (Å²) in [6, 6.07) is 0. The highest BCUT2D eigenvalue weighted by Gasteiger charge is 2.47. The highest BCUT2D eigenvalue weighted by atomic mass is 32.2. The fraction of sp³-hybridized carbons (Fsp3) is 0.933. The third-order valence-electron chi connectivity index (χ3n) is 4.47. The summed E-state index contributed by atoms with van der Waals surface area (Å²) in [4.78, 5) is 14.8. The number of hydrogen-bond donors (Lipinski definition) is 1. The summed E-state index contributed by atoms with van der Waals surface area (Å²) in [5, 5.41) is 3.59. The zero-order valence-electron chi connectivity index (χ0n) is 12.7. The summed E-state index contributed by atoms with van der Waals surface area (Å²) in [6.45, 7) is 9.58. The number of nitrogens with one attached hydrogen (secondary N) is 1. The fourth-order valence-corrected chi connectivity index (χ4v) is 4.34. The molecule has 2 aliphatic heterocycles. The molecule has 2 heterocycles. The molecule has 0 aromatic carbocycles. The fourth-order valence-electron chi connectivity index (χ4n) is 3.07. The van der Waals surface area contributed by atoms with E-state index in [0.29, 0.717) is 17.7 Å². The minimum Gasteiger partial charge on any atom is -0.325 e. The Bertz CT molecular complexity index is 328. The molecule has 0 radical (unpaired) electrons. The first-order chi connectivity index (χ1) is 8.96. The lowest BCUT2D eigenvalue weighted by Gasteiger charge is -2.27. The number of rotatable bonds is 5. The Labute approximate surface area is 121 Å². The van der Waals surface area contributed by atoms with E-state index in [1.165, 1.54) is 17.9 Å². The van der Waals surface area contributed by atoms with Crippen LogP contribution in [0.15, 0.2) is 0 Å². The minimum atomic E-state index is -0.342. The van der Waals surface area contributed by atoms with Crippen LogP contribution >= 0.6 is 11.8 Å². The Kier molecular flexibility index (Phi) is 4.83. The molecule has 0 bridgehead atoms. The van der Waals surface area contributed by atoms with Gasteiger partial charge in [-0.3, -0.25) is 10.1 Å². The van der Waals surface area contributed by atoms with Gasteiger partial charge in [0.15, 0.2) is 0 Å². The van der Waals surface area contributed by atoms with Crippen molar-refractivity contribution < 1.29 is 4.79 Å². The average Bonchev–Trinajstić information content (AvgIpc) is 2.93. The second-order valence-electron chi connectivity index (χ2n) is 6.66. The van der Waals surface area contributed by atoms with Crippen LogP contribution in [-0.4, -0.2) is 40.6 Å². The predicted octanol–water partition coefficient (Wildman–Crippen LogP) is 2.71. The lowest BCUT2D eigenvalue weighted by atomic mass is 9.99. The van der Waals surface area contributed by atoms with Crippen LogP contribution in [0.25, 0.3) is 0 Å². The largest absolute Gasteiger partial charge is 0.325 e. The molecular formula is C15H28N2OS. The van der Waals surface area contributed by atoms with Gasteiger partial charge < -0.3 is 4.90 Å². The van der Waals surface area contributed by atoms with Crippen LogP contribution < -0.4 is 5.32 Å². The van der Waals surface area contributed by atoms with Crippen LogP contribution in [0.3, 0.4) is 0 Å². The van der Waals surface area contributed by atoms with Gasteiger partial charge >= 0.3 is 0 Å². The van der Waals surface area contributed by atoms with Crippen molar-refractivity contribution in [3.63, 3.8) is 0 Å². The van der Waals surface area contributed by atoms with E-state index >= 15 is 0 Å². The minimum absolute atomic E-state index is 0.239. The molecule has 3 nitrogen and oxygen atoms in total. The van der Waals surface area contributed by atoms with Gasteiger partial charge in [0, 0.05) is 6.54 Å². The summed E-state index contributed by atoms with van der Waals surface area (Å²) >= 11 is 2.03. The second kappa shape index (κ2) is 6.04. The van der Waals surface area contributed by atoms with E-state index in [1.54, 1.807) is 0 Å². The van der Waals surface area contributed by atoms with Gasteiger partial charge in [-0.25, -0.2) is 0 Å². The first-order valence-electron chi connectivity index (χ1n) is 7.62. The molecule has 0 aliphatic carbocycles. The highest BCUT2D eigenvalue weighted by molar-refractivity contribution is 7.99. The zero-order chi connectivity index (χ0) is 14.0. The maximum Gasteiger partial charge on any atom is 0.243 e. The number of thioether (sulfide) groups is 1. The molecule has 0 aromatic rings. The van der Waals surface area contributed by atoms with Crippen molar-refractivity contribution >= 4 is 17.7 Å². The first kappa shape index (κ1) is 15.2. The molecule has 2 rings (SSSR count). The molecular weight excluding hydrogens is 256 g/mol. The summed E-state index contributed by atoms with van der Waals surface area (Å²) in [5.74, 6) is 4.12. The van der Waals surface area contributed by atoms with Crippen molar-refractivity contribution in [2.24, 2.45) is 11.8 Å². The summed E-state index contributed by atoms with van der Waals surface area (Å²) in [6.07, 6.45) is 3.44. The van der Waals surface area contributed by atoms with Crippen molar-refractivity contribution in [2.45, 2.75) is 58.7 Å². The maximum absolute atomic E-state index is 12.7. The van der Waals surface area contributed by atoms with Gasteiger partial charge in [-0.2, -0.15) is 11.8 Å². The van der Waals surface area contributed by atoms with E-state index in [1.807, 2.05) is 11.8 Å². The van der Waals surface area contributed by atoms with Crippen LogP contribution in [0.2, 0.25) is 0 Å².